The minimum absolute atomic E-state index is 0.123. The van der Waals surface area contributed by atoms with Crippen LogP contribution in [0, 0.1) is 6.92 Å². The first-order valence-corrected chi connectivity index (χ1v) is 11.7. The number of nitrogens with one attached hydrogen (secondary N) is 1. The third-order valence-electron chi connectivity index (χ3n) is 4.36. The molecule has 0 radical (unpaired) electrons. The van der Waals surface area contributed by atoms with Gasteiger partial charge < -0.3 is 5.32 Å². The predicted molar refractivity (Wildman–Crippen MR) is 122 cm³/mol. The number of hydrogen-bond acceptors (Lipinski definition) is 7. The second-order valence-corrected chi connectivity index (χ2v) is 9.22. The maximum atomic E-state index is 12.6. The van der Waals surface area contributed by atoms with Crippen LogP contribution >= 0.6 is 34.4 Å². The quantitative estimate of drug-likeness (QED) is 0.548. The van der Waals surface area contributed by atoms with Crippen LogP contribution in [-0.2, 0) is 4.79 Å². The number of aromatic nitrogens is 1. The van der Waals surface area contributed by atoms with E-state index in [9.17, 15) is 14.4 Å². The highest BCUT2D eigenvalue weighted by Gasteiger charge is 2.34. The molecule has 4 rings (SSSR count). The van der Waals surface area contributed by atoms with Crippen molar-refractivity contribution in [2.75, 3.05) is 13.1 Å². The molecule has 0 atom stereocenters. The van der Waals surface area contributed by atoms with E-state index in [0.29, 0.717) is 15.5 Å². The molecule has 1 aliphatic rings. The van der Waals surface area contributed by atoms with E-state index < -0.39 is 0 Å². The smallest absolute Gasteiger partial charge is 0.293 e. The van der Waals surface area contributed by atoms with Crippen molar-refractivity contribution < 1.29 is 14.4 Å². The van der Waals surface area contributed by atoms with Crippen molar-refractivity contribution in [1.29, 1.82) is 0 Å². The number of thioether (sulfide) groups is 1. The first-order valence-electron chi connectivity index (χ1n) is 9.11. The van der Waals surface area contributed by atoms with Gasteiger partial charge in [-0.3, -0.25) is 19.3 Å². The molecule has 0 aliphatic carbocycles. The Bertz CT molecular complexity index is 1120. The Morgan fingerprint density at radius 3 is 2.73 bits per heavy atom. The Hall–Kier alpha value is -2.75. The van der Waals surface area contributed by atoms with E-state index in [0.717, 1.165) is 32.8 Å². The number of rotatable bonds is 6. The van der Waals surface area contributed by atoms with E-state index in [4.69, 9.17) is 0 Å². The highest BCUT2D eigenvalue weighted by Crippen LogP contribution is 2.32. The van der Waals surface area contributed by atoms with E-state index in [1.54, 1.807) is 24.3 Å². The molecule has 6 nitrogen and oxygen atoms in total. The molecule has 1 fully saturated rings. The van der Waals surface area contributed by atoms with Crippen molar-refractivity contribution in [2.24, 2.45) is 0 Å². The van der Waals surface area contributed by atoms with Gasteiger partial charge in [-0.1, -0.05) is 30.3 Å². The number of hydrogen-bond donors (Lipinski definition) is 1. The van der Waals surface area contributed by atoms with Crippen LogP contribution in [0.15, 0.2) is 52.1 Å². The Balaban J connectivity index is 1.36. The molecule has 3 aromatic rings. The lowest BCUT2D eigenvalue weighted by Crippen LogP contribution is -2.37. The summed E-state index contributed by atoms with van der Waals surface area (Å²) < 4.78 is 0. The molecule has 3 amide bonds. The second kappa shape index (κ2) is 8.95. The fourth-order valence-corrected chi connectivity index (χ4v) is 5.43. The maximum Gasteiger partial charge on any atom is 0.293 e. The molecule has 0 spiro atoms. The molecule has 3 heterocycles. The summed E-state index contributed by atoms with van der Waals surface area (Å²) in [5.74, 6) is -0.588. The Kier molecular flexibility index (Phi) is 6.12. The maximum absolute atomic E-state index is 12.6. The molecule has 1 N–H and O–H groups in total. The summed E-state index contributed by atoms with van der Waals surface area (Å²) in [6.45, 7) is 2.10. The van der Waals surface area contributed by atoms with Crippen LogP contribution in [0.5, 0.6) is 0 Å². The van der Waals surface area contributed by atoms with Gasteiger partial charge in [-0.25, -0.2) is 4.98 Å². The number of amides is 3. The summed E-state index contributed by atoms with van der Waals surface area (Å²) in [5, 5.41) is 7.22. The molecule has 2 aromatic heterocycles. The molecule has 9 heteroatoms. The van der Waals surface area contributed by atoms with E-state index in [1.165, 1.54) is 11.3 Å². The molecule has 1 saturated heterocycles. The number of thiophene rings is 1. The predicted octanol–water partition coefficient (Wildman–Crippen LogP) is 4.65. The lowest BCUT2D eigenvalue weighted by molar-refractivity contribution is -0.122. The van der Waals surface area contributed by atoms with Gasteiger partial charge in [-0.15, -0.1) is 11.3 Å². The molecular formula is C21H17N3O3S3. The van der Waals surface area contributed by atoms with Gasteiger partial charge in [0.2, 0.25) is 0 Å². The van der Waals surface area contributed by atoms with Gasteiger partial charge in [-0.2, -0.15) is 11.3 Å². The summed E-state index contributed by atoms with van der Waals surface area (Å²) in [6, 6.07) is 11.3. The zero-order valence-corrected chi connectivity index (χ0v) is 18.4. The number of thiazole rings is 1. The topological polar surface area (TPSA) is 79.4 Å². The number of benzene rings is 1. The molecule has 1 aliphatic heterocycles. The van der Waals surface area contributed by atoms with Crippen molar-refractivity contribution in [2.45, 2.75) is 6.92 Å². The third kappa shape index (κ3) is 4.38. The van der Waals surface area contributed by atoms with Gasteiger partial charge in [0, 0.05) is 24.0 Å². The molecule has 152 valence electrons. The van der Waals surface area contributed by atoms with E-state index in [1.807, 2.05) is 47.2 Å². The van der Waals surface area contributed by atoms with Gasteiger partial charge >= 0.3 is 0 Å². The van der Waals surface area contributed by atoms with Crippen LogP contribution in [0.1, 0.15) is 20.9 Å². The first kappa shape index (κ1) is 20.5. The summed E-state index contributed by atoms with van der Waals surface area (Å²) in [6.07, 6.45) is 1.70. The average molecular weight is 456 g/mol. The Morgan fingerprint density at radius 1 is 1.20 bits per heavy atom. The van der Waals surface area contributed by atoms with Crippen LogP contribution in [0.4, 0.5) is 4.79 Å². The molecule has 1 aromatic carbocycles. The standard InChI is InChI=1S/C21H17N3O3S3/c1-13-17(30-19(23-13)15-7-10-28-12-15)18(25)22-8-9-24-20(26)16(29-21(24)27)11-14-5-3-2-4-6-14/h2-7,10-12H,8-9H2,1H3,(H,22,25)/b16-11-. The lowest BCUT2D eigenvalue weighted by atomic mass is 10.2. The van der Waals surface area contributed by atoms with Gasteiger partial charge in [0.25, 0.3) is 17.1 Å². The van der Waals surface area contributed by atoms with Crippen LogP contribution in [0.2, 0.25) is 0 Å². The lowest BCUT2D eigenvalue weighted by Gasteiger charge is -2.12. The van der Waals surface area contributed by atoms with Crippen LogP contribution in [0.25, 0.3) is 16.6 Å². The monoisotopic (exact) mass is 455 g/mol. The van der Waals surface area contributed by atoms with Crippen LogP contribution < -0.4 is 5.32 Å². The zero-order valence-electron chi connectivity index (χ0n) is 16.0. The normalized spacial score (nSPS) is 15.2. The zero-order chi connectivity index (χ0) is 21.1. The number of nitrogens with zero attached hydrogens (tertiary/aromatic N) is 2. The highest BCUT2D eigenvalue weighted by molar-refractivity contribution is 8.18. The van der Waals surface area contributed by atoms with Gasteiger partial charge in [0.05, 0.1) is 10.6 Å². The van der Waals surface area contributed by atoms with Crippen molar-refractivity contribution in [3.63, 3.8) is 0 Å². The minimum atomic E-state index is -0.336. The van der Waals surface area contributed by atoms with Gasteiger partial charge in [-0.05, 0) is 41.8 Å². The number of carbonyl (C=O) groups excluding carboxylic acids is 3. The van der Waals surface area contributed by atoms with Gasteiger partial charge in [0.15, 0.2) is 0 Å². The number of imide groups is 1. The average Bonchev–Trinajstić information content (AvgIpc) is 3.45. The highest BCUT2D eigenvalue weighted by atomic mass is 32.2. The molecule has 0 unspecified atom stereocenters. The van der Waals surface area contributed by atoms with Crippen molar-refractivity contribution >= 4 is 57.6 Å². The van der Waals surface area contributed by atoms with Crippen LogP contribution in [-0.4, -0.2) is 40.0 Å². The first-order chi connectivity index (χ1) is 14.5. The number of aryl methyl sites for hydroxylation is 1. The van der Waals surface area contributed by atoms with Crippen molar-refractivity contribution in [3.8, 4) is 10.6 Å². The summed E-state index contributed by atoms with van der Waals surface area (Å²) in [5.41, 5.74) is 2.52. The second-order valence-electron chi connectivity index (χ2n) is 6.45. The SMILES string of the molecule is Cc1nc(-c2ccsc2)sc1C(=O)NCCN1C(=O)S/C(=C\c2ccccc2)C1=O. The minimum Gasteiger partial charge on any atom is -0.349 e. The largest absolute Gasteiger partial charge is 0.349 e. The Morgan fingerprint density at radius 2 is 2.00 bits per heavy atom. The van der Waals surface area contributed by atoms with E-state index in [2.05, 4.69) is 10.3 Å². The summed E-state index contributed by atoms with van der Waals surface area (Å²) in [7, 11) is 0. The Labute approximate surface area is 185 Å². The number of carbonyl (C=O) groups is 3. The molecule has 0 saturated carbocycles. The van der Waals surface area contributed by atoms with Crippen LogP contribution in [0.3, 0.4) is 0 Å². The molecule has 0 bridgehead atoms. The van der Waals surface area contributed by atoms with E-state index in [-0.39, 0.29) is 30.1 Å². The summed E-state index contributed by atoms with van der Waals surface area (Å²) >= 11 is 3.83. The molecule has 30 heavy (non-hydrogen) atoms. The third-order valence-corrected chi connectivity index (χ3v) is 7.16. The van der Waals surface area contributed by atoms with Crippen molar-refractivity contribution in [3.05, 3.63) is 68.2 Å². The summed E-state index contributed by atoms with van der Waals surface area (Å²) in [4.78, 5) is 43.9. The van der Waals surface area contributed by atoms with Gasteiger partial charge in [0.1, 0.15) is 9.88 Å². The van der Waals surface area contributed by atoms with Crippen molar-refractivity contribution in [1.82, 2.24) is 15.2 Å². The fourth-order valence-electron chi connectivity index (χ4n) is 2.87. The molecular weight excluding hydrogens is 438 g/mol. The van der Waals surface area contributed by atoms with E-state index >= 15 is 0 Å². The fraction of sp³-hybridized carbons (Fsp3) is 0.143.